The normalized spacial score (nSPS) is 11.6. The predicted octanol–water partition coefficient (Wildman–Crippen LogP) is 3.78. The number of imidazole rings is 1. The molecule has 0 bridgehead atoms. The lowest BCUT2D eigenvalue weighted by Gasteiger charge is -2.07. The highest BCUT2D eigenvalue weighted by atomic mass is 19.1. The van der Waals surface area contributed by atoms with E-state index in [1.165, 1.54) is 6.07 Å². The second kappa shape index (κ2) is 3.29. The molecule has 0 spiro atoms. The molecule has 4 rings (SSSR count). The summed E-state index contributed by atoms with van der Waals surface area (Å²) in [7, 11) is 0. The largest absolute Gasteiger partial charge is 0.299 e. The third-order valence-electron chi connectivity index (χ3n) is 3.32. The molecule has 3 heteroatoms. The van der Waals surface area contributed by atoms with Gasteiger partial charge in [-0.05, 0) is 29.7 Å². The Hall–Kier alpha value is -2.42. The number of para-hydroxylation sites is 1. The number of benzene rings is 2. The summed E-state index contributed by atoms with van der Waals surface area (Å²) >= 11 is 0. The van der Waals surface area contributed by atoms with Crippen LogP contribution in [0.3, 0.4) is 0 Å². The van der Waals surface area contributed by atoms with Crippen LogP contribution >= 0.6 is 0 Å². The van der Waals surface area contributed by atoms with Gasteiger partial charge in [0.1, 0.15) is 11.5 Å². The fourth-order valence-corrected chi connectivity index (χ4v) is 2.54. The van der Waals surface area contributed by atoms with Crippen LogP contribution in [0.15, 0.2) is 54.9 Å². The zero-order valence-electron chi connectivity index (χ0n) is 9.47. The highest BCUT2D eigenvalue weighted by Crippen LogP contribution is 2.29. The van der Waals surface area contributed by atoms with Crippen molar-refractivity contribution in [1.29, 1.82) is 0 Å². The zero-order valence-corrected chi connectivity index (χ0v) is 9.47. The van der Waals surface area contributed by atoms with Gasteiger partial charge in [-0.1, -0.05) is 18.2 Å². The van der Waals surface area contributed by atoms with Gasteiger partial charge in [0.15, 0.2) is 0 Å². The Labute approximate surface area is 102 Å². The molecule has 2 heterocycles. The smallest absolute Gasteiger partial charge is 0.145 e. The van der Waals surface area contributed by atoms with Gasteiger partial charge in [-0.3, -0.25) is 4.40 Å². The summed E-state index contributed by atoms with van der Waals surface area (Å²) in [4.78, 5) is 4.37. The number of fused-ring (bicyclic) bond motifs is 6. The first-order valence-corrected chi connectivity index (χ1v) is 5.77. The molecule has 0 N–H and O–H groups in total. The molecule has 18 heavy (non-hydrogen) atoms. The van der Waals surface area contributed by atoms with Crippen LogP contribution in [0.4, 0.5) is 4.39 Å². The van der Waals surface area contributed by atoms with Crippen molar-refractivity contribution in [3.05, 3.63) is 60.7 Å². The second-order valence-corrected chi connectivity index (χ2v) is 4.33. The SMILES string of the molecule is Fc1ccc2c(c1)c1ccccc1n1ccnc21. The third-order valence-corrected chi connectivity index (χ3v) is 3.32. The molecule has 0 saturated carbocycles. The summed E-state index contributed by atoms with van der Waals surface area (Å²) in [5.74, 6) is -0.219. The van der Waals surface area contributed by atoms with Crippen molar-refractivity contribution in [3.63, 3.8) is 0 Å². The first-order chi connectivity index (χ1) is 8.84. The molecule has 4 aromatic rings. The third kappa shape index (κ3) is 1.13. The van der Waals surface area contributed by atoms with Gasteiger partial charge >= 0.3 is 0 Å². The predicted molar refractivity (Wildman–Crippen MR) is 70.2 cm³/mol. The van der Waals surface area contributed by atoms with Crippen molar-refractivity contribution in [3.8, 4) is 0 Å². The maximum atomic E-state index is 13.5. The van der Waals surface area contributed by atoms with Crippen LogP contribution in [0.2, 0.25) is 0 Å². The number of nitrogens with zero attached hydrogens (tertiary/aromatic N) is 2. The lowest BCUT2D eigenvalue weighted by molar-refractivity contribution is 0.630. The van der Waals surface area contributed by atoms with E-state index in [1.807, 2.05) is 34.9 Å². The number of hydrogen-bond donors (Lipinski definition) is 0. The first-order valence-electron chi connectivity index (χ1n) is 5.77. The molecule has 2 aromatic carbocycles. The van der Waals surface area contributed by atoms with Gasteiger partial charge in [0, 0.05) is 23.2 Å². The van der Waals surface area contributed by atoms with Gasteiger partial charge in [-0.2, -0.15) is 0 Å². The summed E-state index contributed by atoms with van der Waals surface area (Å²) in [6.07, 6.45) is 3.70. The Balaban J connectivity index is 2.44. The molecule has 0 aliphatic carbocycles. The maximum Gasteiger partial charge on any atom is 0.145 e. The monoisotopic (exact) mass is 236 g/mol. The number of hydrogen-bond acceptors (Lipinski definition) is 1. The van der Waals surface area contributed by atoms with Crippen molar-refractivity contribution in [2.45, 2.75) is 0 Å². The second-order valence-electron chi connectivity index (χ2n) is 4.33. The van der Waals surface area contributed by atoms with Gasteiger partial charge in [0.25, 0.3) is 0 Å². The number of aromatic nitrogens is 2. The summed E-state index contributed by atoms with van der Waals surface area (Å²) in [6.45, 7) is 0. The topological polar surface area (TPSA) is 17.3 Å². The molecule has 0 aliphatic rings. The molecule has 0 saturated heterocycles. The van der Waals surface area contributed by atoms with Gasteiger partial charge in [-0.25, -0.2) is 9.37 Å². The van der Waals surface area contributed by atoms with E-state index < -0.39 is 0 Å². The van der Waals surface area contributed by atoms with E-state index in [9.17, 15) is 4.39 Å². The van der Waals surface area contributed by atoms with E-state index in [0.29, 0.717) is 0 Å². The van der Waals surface area contributed by atoms with Crippen molar-refractivity contribution < 1.29 is 4.39 Å². The highest BCUT2D eigenvalue weighted by molar-refractivity contribution is 6.11. The van der Waals surface area contributed by atoms with Crippen LogP contribution in [0.5, 0.6) is 0 Å². The zero-order chi connectivity index (χ0) is 12.1. The van der Waals surface area contributed by atoms with Crippen LogP contribution in [-0.4, -0.2) is 9.38 Å². The Morgan fingerprint density at radius 2 is 1.83 bits per heavy atom. The van der Waals surface area contributed by atoms with Crippen LogP contribution in [-0.2, 0) is 0 Å². The van der Waals surface area contributed by atoms with E-state index in [1.54, 1.807) is 18.3 Å². The Morgan fingerprint density at radius 1 is 0.944 bits per heavy atom. The average Bonchev–Trinajstić information content (AvgIpc) is 2.88. The minimum Gasteiger partial charge on any atom is -0.299 e. The van der Waals surface area contributed by atoms with Crippen molar-refractivity contribution >= 4 is 27.3 Å². The standard InChI is InChI=1S/C15H9FN2/c16-10-5-6-12-13(9-10)11-3-1-2-4-14(11)18-8-7-17-15(12)18/h1-9H. The van der Waals surface area contributed by atoms with E-state index in [-0.39, 0.29) is 5.82 Å². The first kappa shape index (κ1) is 9.59. The molecule has 0 aliphatic heterocycles. The lowest BCUT2D eigenvalue weighted by Crippen LogP contribution is -1.90. The van der Waals surface area contributed by atoms with Crippen LogP contribution in [0.1, 0.15) is 0 Å². The quantitative estimate of drug-likeness (QED) is 0.425. The summed E-state index contributed by atoms with van der Waals surface area (Å²) in [5.41, 5.74) is 1.91. The molecular weight excluding hydrogens is 227 g/mol. The molecule has 0 atom stereocenters. The molecular formula is C15H9FN2. The van der Waals surface area contributed by atoms with Crippen molar-refractivity contribution in [1.82, 2.24) is 9.38 Å². The minimum absolute atomic E-state index is 0.219. The Morgan fingerprint density at radius 3 is 2.78 bits per heavy atom. The summed E-state index contributed by atoms with van der Waals surface area (Å²) in [5, 5.41) is 2.92. The van der Waals surface area contributed by atoms with E-state index in [0.717, 1.165) is 27.3 Å². The average molecular weight is 236 g/mol. The minimum atomic E-state index is -0.219. The Bertz CT molecular complexity index is 893. The van der Waals surface area contributed by atoms with Crippen molar-refractivity contribution in [2.24, 2.45) is 0 Å². The maximum absolute atomic E-state index is 13.5. The number of pyridine rings is 1. The van der Waals surface area contributed by atoms with Crippen molar-refractivity contribution in [2.75, 3.05) is 0 Å². The molecule has 0 amide bonds. The van der Waals surface area contributed by atoms with Gasteiger partial charge in [0.2, 0.25) is 0 Å². The van der Waals surface area contributed by atoms with E-state index in [2.05, 4.69) is 4.98 Å². The molecule has 0 fully saturated rings. The fraction of sp³-hybridized carbons (Fsp3) is 0. The lowest BCUT2D eigenvalue weighted by atomic mass is 10.1. The number of rotatable bonds is 0. The molecule has 86 valence electrons. The molecule has 0 unspecified atom stereocenters. The van der Waals surface area contributed by atoms with E-state index >= 15 is 0 Å². The highest BCUT2D eigenvalue weighted by Gasteiger charge is 2.08. The molecule has 2 nitrogen and oxygen atoms in total. The summed E-state index contributed by atoms with van der Waals surface area (Å²) in [6, 6.07) is 12.8. The number of halogens is 1. The van der Waals surface area contributed by atoms with E-state index in [4.69, 9.17) is 0 Å². The van der Waals surface area contributed by atoms with Crippen LogP contribution in [0.25, 0.3) is 27.3 Å². The fourth-order valence-electron chi connectivity index (χ4n) is 2.54. The van der Waals surface area contributed by atoms with Gasteiger partial charge in [0.05, 0.1) is 5.52 Å². The summed E-state index contributed by atoms with van der Waals surface area (Å²) < 4.78 is 15.5. The van der Waals surface area contributed by atoms with Crippen LogP contribution in [0, 0.1) is 5.82 Å². The molecule has 0 radical (unpaired) electrons. The Kier molecular flexibility index (Phi) is 1.75. The molecule has 2 aromatic heterocycles. The van der Waals surface area contributed by atoms with Gasteiger partial charge in [-0.15, -0.1) is 0 Å². The van der Waals surface area contributed by atoms with Crippen LogP contribution < -0.4 is 0 Å². The van der Waals surface area contributed by atoms with Gasteiger partial charge < -0.3 is 0 Å².